The van der Waals surface area contributed by atoms with Crippen LogP contribution in [0.25, 0.3) is 43.5 Å². The standard InChI is InChI=1S/C18H12N2/c1-2-4-15-14(3-1)17-12-6-5-11-9-10-19-18(11)13(12)7-8-16(17)20-15/h1-10,19-20H. The SMILES string of the molecule is c1ccc2c(c1)[nH]c1ccc3c(ccc4cc[nH]c43)c12. The molecule has 2 heteroatoms. The summed E-state index contributed by atoms with van der Waals surface area (Å²) in [6, 6.07) is 19.4. The van der Waals surface area contributed by atoms with Gasteiger partial charge in [-0.15, -0.1) is 0 Å². The van der Waals surface area contributed by atoms with Gasteiger partial charge < -0.3 is 9.97 Å². The summed E-state index contributed by atoms with van der Waals surface area (Å²) in [6.07, 6.45) is 2.00. The highest BCUT2D eigenvalue weighted by Crippen LogP contribution is 2.34. The van der Waals surface area contributed by atoms with Crippen LogP contribution in [0.3, 0.4) is 0 Å². The third-order valence-corrected chi connectivity index (χ3v) is 4.19. The fraction of sp³-hybridized carbons (Fsp3) is 0. The molecular formula is C18H12N2. The van der Waals surface area contributed by atoms with E-state index in [9.17, 15) is 0 Å². The highest BCUT2D eigenvalue weighted by Gasteiger charge is 2.09. The van der Waals surface area contributed by atoms with E-state index in [-0.39, 0.29) is 0 Å². The van der Waals surface area contributed by atoms with Crippen molar-refractivity contribution >= 4 is 43.5 Å². The van der Waals surface area contributed by atoms with Gasteiger partial charge in [-0.2, -0.15) is 0 Å². The van der Waals surface area contributed by atoms with Gasteiger partial charge in [-0.05, 0) is 23.6 Å². The number of nitrogens with one attached hydrogen (secondary N) is 2. The van der Waals surface area contributed by atoms with Crippen molar-refractivity contribution in [3.63, 3.8) is 0 Å². The van der Waals surface area contributed by atoms with E-state index in [0.29, 0.717) is 0 Å². The highest BCUT2D eigenvalue weighted by molar-refractivity contribution is 6.24. The van der Waals surface area contributed by atoms with Gasteiger partial charge >= 0.3 is 0 Å². The van der Waals surface area contributed by atoms with Crippen molar-refractivity contribution in [1.82, 2.24) is 9.97 Å². The molecule has 0 atom stereocenters. The molecule has 0 unspecified atom stereocenters. The molecule has 2 heterocycles. The van der Waals surface area contributed by atoms with Crippen LogP contribution >= 0.6 is 0 Å². The molecule has 2 aromatic heterocycles. The normalized spacial score (nSPS) is 12.0. The lowest BCUT2D eigenvalue weighted by molar-refractivity contribution is 1.49. The van der Waals surface area contributed by atoms with Crippen LogP contribution in [0.1, 0.15) is 0 Å². The van der Waals surface area contributed by atoms with Gasteiger partial charge in [0, 0.05) is 38.8 Å². The topological polar surface area (TPSA) is 31.6 Å². The Bertz CT molecular complexity index is 1100. The van der Waals surface area contributed by atoms with Crippen molar-refractivity contribution in [1.29, 1.82) is 0 Å². The maximum atomic E-state index is 3.50. The first kappa shape index (κ1) is 10.1. The number of aromatic amines is 2. The van der Waals surface area contributed by atoms with Crippen LogP contribution in [0.2, 0.25) is 0 Å². The smallest absolute Gasteiger partial charge is 0.0533 e. The van der Waals surface area contributed by atoms with Crippen LogP contribution in [0.5, 0.6) is 0 Å². The van der Waals surface area contributed by atoms with E-state index in [1.807, 2.05) is 6.20 Å². The third-order valence-electron chi connectivity index (χ3n) is 4.19. The number of hydrogen-bond acceptors (Lipinski definition) is 0. The van der Waals surface area contributed by atoms with Gasteiger partial charge in [-0.25, -0.2) is 0 Å². The molecule has 0 amide bonds. The number of benzene rings is 3. The predicted octanol–water partition coefficient (Wildman–Crippen LogP) is 4.96. The van der Waals surface area contributed by atoms with E-state index in [4.69, 9.17) is 0 Å². The van der Waals surface area contributed by atoms with Crippen LogP contribution in [0.4, 0.5) is 0 Å². The van der Waals surface area contributed by atoms with E-state index >= 15 is 0 Å². The quantitative estimate of drug-likeness (QED) is 0.392. The molecule has 3 aromatic carbocycles. The lowest BCUT2D eigenvalue weighted by Crippen LogP contribution is -1.77. The number of aromatic nitrogens is 2. The highest BCUT2D eigenvalue weighted by atomic mass is 14.7. The second-order valence-electron chi connectivity index (χ2n) is 5.26. The van der Waals surface area contributed by atoms with Gasteiger partial charge in [0.1, 0.15) is 0 Å². The van der Waals surface area contributed by atoms with Gasteiger partial charge in [-0.1, -0.05) is 36.4 Å². The molecule has 2 N–H and O–H groups in total. The molecule has 0 aliphatic rings. The van der Waals surface area contributed by atoms with Crippen molar-refractivity contribution in [2.45, 2.75) is 0 Å². The van der Waals surface area contributed by atoms with Crippen LogP contribution < -0.4 is 0 Å². The Labute approximate surface area is 115 Å². The van der Waals surface area contributed by atoms with Gasteiger partial charge in [0.15, 0.2) is 0 Å². The summed E-state index contributed by atoms with van der Waals surface area (Å²) >= 11 is 0. The summed E-state index contributed by atoms with van der Waals surface area (Å²) in [5.74, 6) is 0. The molecule has 0 radical (unpaired) electrons. The van der Waals surface area contributed by atoms with Crippen LogP contribution in [-0.2, 0) is 0 Å². The van der Waals surface area contributed by atoms with Crippen molar-refractivity contribution in [2.24, 2.45) is 0 Å². The molecule has 0 aliphatic carbocycles. The Kier molecular flexibility index (Phi) is 1.73. The zero-order chi connectivity index (χ0) is 13.1. The van der Waals surface area contributed by atoms with Crippen molar-refractivity contribution in [3.05, 3.63) is 60.8 Å². The molecule has 0 bridgehead atoms. The molecule has 94 valence electrons. The zero-order valence-corrected chi connectivity index (χ0v) is 10.8. The molecule has 0 fully saturated rings. The maximum Gasteiger partial charge on any atom is 0.0533 e. The number of fused-ring (bicyclic) bond motifs is 7. The van der Waals surface area contributed by atoms with E-state index in [2.05, 4.69) is 64.6 Å². The van der Waals surface area contributed by atoms with Gasteiger partial charge in [0.2, 0.25) is 0 Å². The predicted molar refractivity (Wildman–Crippen MR) is 85.2 cm³/mol. The first-order valence-corrected chi connectivity index (χ1v) is 6.81. The second-order valence-corrected chi connectivity index (χ2v) is 5.26. The molecule has 0 saturated carbocycles. The summed E-state index contributed by atoms with van der Waals surface area (Å²) in [7, 11) is 0. The molecule has 0 spiro atoms. The molecule has 20 heavy (non-hydrogen) atoms. The minimum absolute atomic E-state index is 1.20. The summed E-state index contributed by atoms with van der Waals surface area (Å²) in [5.41, 5.74) is 3.61. The van der Waals surface area contributed by atoms with Crippen LogP contribution in [0, 0.1) is 0 Å². The average molecular weight is 256 g/mol. The Balaban J connectivity index is 2.14. The minimum atomic E-state index is 1.20. The number of para-hydroxylation sites is 1. The molecule has 0 aliphatic heterocycles. The zero-order valence-electron chi connectivity index (χ0n) is 10.8. The molecule has 2 nitrogen and oxygen atoms in total. The van der Waals surface area contributed by atoms with Crippen molar-refractivity contribution in [2.75, 3.05) is 0 Å². The number of hydrogen-bond donors (Lipinski definition) is 2. The Hall–Kier alpha value is -2.74. The Morgan fingerprint density at radius 3 is 2.55 bits per heavy atom. The summed E-state index contributed by atoms with van der Waals surface area (Å²) in [5, 5.41) is 6.45. The summed E-state index contributed by atoms with van der Waals surface area (Å²) in [6.45, 7) is 0. The van der Waals surface area contributed by atoms with Crippen LogP contribution in [0.15, 0.2) is 60.8 Å². The first-order valence-electron chi connectivity index (χ1n) is 6.81. The molecule has 5 aromatic rings. The monoisotopic (exact) mass is 256 g/mol. The fourth-order valence-electron chi connectivity index (χ4n) is 3.29. The minimum Gasteiger partial charge on any atom is -0.361 e. The van der Waals surface area contributed by atoms with Crippen molar-refractivity contribution < 1.29 is 0 Å². The van der Waals surface area contributed by atoms with Crippen LogP contribution in [-0.4, -0.2) is 9.97 Å². The number of rotatable bonds is 0. The Morgan fingerprint density at radius 1 is 0.650 bits per heavy atom. The molecule has 5 rings (SSSR count). The molecular weight excluding hydrogens is 244 g/mol. The third kappa shape index (κ3) is 1.14. The van der Waals surface area contributed by atoms with E-state index in [0.717, 1.165) is 0 Å². The second kappa shape index (κ2) is 3.42. The fourth-order valence-corrected chi connectivity index (χ4v) is 3.29. The van der Waals surface area contributed by atoms with E-state index < -0.39 is 0 Å². The first-order chi connectivity index (χ1) is 9.92. The average Bonchev–Trinajstić information content (AvgIpc) is 3.10. The Morgan fingerprint density at radius 2 is 1.55 bits per heavy atom. The van der Waals surface area contributed by atoms with Gasteiger partial charge in [0.05, 0.1) is 5.52 Å². The summed E-state index contributed by atoms with van der Waals surface area (Å²) < 4.78 is 0. The van der Waals surface area contributed by atoms with Gasteiger partial charge in [0.25, 0.3) is 0 Å². The maximum absolute atomic E-state index is 3.50. The number of H-pyrrole nitrogens is 2. The van der Waals surface area contributed by atoms with Crippen molar-refractivity contribution in [3.8, 4) is 0 Å². The molecule has 0 saturated heterocycles. The van der Waals surface area contributed by atoms with Gasteiger partial charge in [-0.3, -0.25) is 0 Å². The lowest BCUT2D eigenvalue weighted by Gasteiger charge is -2.02. The lowest BCUT2D eigenvalue weighted by atomic mass is 10.0. The van der Waals surface area contributed by atoms with E-state index in [1.165, 1.54) is 43.5 Å². The largest absolute Gasteiger partial charge is 0.361 e. The van der Waals surface area contributed by atoms with E-state index in [1.54, 1.807) is 0 Å². The summed E-state index contributed by atoms with van der Waals surface area (Å²) in [4.78, 5) is 6.86.